The molecule has 0 radical (unpaired) electrons. The van der Waals surface area contributed by atoms with Crippen LogP contribution in [-0.4, -0.2) is 30.4 Å². The fourth-order valence-electron chi connectivity index (χ4n) is 1.10. The summed E-state index contributed by atoms with van der Waals surface area (Å²) in [4.78, 5) is 13.4. The third kappa shape index (κ3) is 4.20. The van der Waals surface area contributed by atoms with E-state index in [0.717, 1.165) is 5.56 Å². The molecule has 1 aromatic rings. The number of carbonyl (C=O) groups excluding carboxylic acids is 1. The lowest BCUT2D eigenvalue weighted by Gasteiger charge is -2.23. The van der Waals surface area contributed by atoms with Gasteiger partial charge in [0.2, 0.25) is 5.91 Å². The van der Waals surface area contributed by atoms with Crippen LogP contribution in [0.4, 0.5) is 0 Å². The summed E-state index contributed by atoms with van der Waals surface area (Å²) < 4.78 is 0. The molecule has 1 rings (SSSR count). The topological polar surface area (TPSA) is 46.3 Å². The Hall–Kier alpha value is -0.580. The summed E-state index contributed by atoms with van der Waals surface area (Å²) in [7, 11) is 1.80. The Balaban J connectivity index is 0.00000196. The minimum atomic E-state index is 0. The van der Waals surface area contributed by atoms with Crippen molar-refractivity contribution in [1.82, 2.24) is 4.90 Å². The number of likely N-dealkylation sites (N-methyl/N-ethyl adjacent to an activating group) is 1. The van der Waals surface area contributed by atoms with Gasteiger partial charge in [0, 0.05) is 19.6 Å². The Bertz CT molecular complexity index is 290. The fraction of sp³-hybridized carbons (Fsp3) is 0.500. The smallest absolute Gasteiger partial charge is 0.227 e. The molecule has 0 spiro atoms. The Kier molecular flexibility index (Phi) is 6.56. The zero-order chi connectivity index (χ0) is 10.6. The fourth-order valence-corrected chi connectivity index (χ4v) is 1.77. The SMILES string of the molecule is CC(CN)N(C)C(=O)Cc1ccsc1.Cl. The van der Waals surface area contributed by atoms with Gasteiger partial charge < -0.3 is 10.6 Å². The molecular weight excluding hydrogens is 232 g/mol. The first-order valence-corrected chi connectivity index (χ1v) is 5.56. The van der Waals surface area contributed by atoms with Crippen molar-refractivity contribution >= 4 is 29.7 Å². The number of hydrogen-bond acceptors (Lipinski definition) is 3. The second-order valence-corrected chi connectivity index (χ2v) is 4.18. The number of hydrogen-bond donors (Lipinski definition) is 1. The minimum Gasteiger partial charge on any atom is -0.341 e. The standard InChI is InChI=1S/C10H16N2OS.ClH/c1-8(6-11)12(2)10(13)5-9-3-4-14-7-9;/h3-4,7-8H,5-6,11H2,1-2H3;1H. The van der Waals surface area contributed by atoms with E-state index in [-0.39, 0.29) is 24.4 Å². The molecule has 1 atom stereocenters. The van der Waals surface area contributed by atoms with Gasteiger partial charge >= 0.3 is 0 Å². The van der Waals surface area contributed by atoms with Crippen molar-refractivity contribution in [3.63, 3.8) is 0 Å². The van der Waals surface area contributed by atoms with Gasteiger partial charge in [-0.2, -0.15) is 11.3 Å². The van der Waals surface area contributed by atoms with Crippen molar-refractivity contribution < 1.29 is 4.79 Å². The van der Waals surface area contributed by atoms with E-state index < -0.39 is 0 Å². The molecular formula is C10H17ClN2OS. The van der Waals surface area contributed by atoms with Crippen LogP contribution in [0.25, 0.3) is 0 Å². The van der Waals surface area contributed by atoms with Crippen LogP contribution in [0.5, 0.6) is 0 Å². The molecule has 1 heterocycles. The summed E-state index contributed by atoms with van der Waals surface area (Å²) in [6.45, 7) is 2.46. The van der Waals surface area contributed by atoms with E-state index in [0.29, 0.717) is 13.0 Å². The van der Waals surface area contributed by atoms with Crippen LogP contribution < -0.4 is 5.73 Å². The predicted octanol–water partition coefficient (Wildman–Crippen LogP) is 1.52. The highest BCUT2D eigenvalue weighted by Gasteiger charge is 2.14. The number of thiophene rings is 1. The zero-order valence-electron chi connectivity index (χ0n) is 8.97. The number of carbonyl (C=O) groups is 1. The molecule has 1 unspecified atom stereocenters. The molecule has 0 aliphatic carbocycles. The van der Waals surface area contributed by atoms with Crippen molar-refractivity contribution in [3.05, 3.63) is 22.4 Å². The maximum absolute atomic E-state index is 11.7. The van der Waals surface area contributed by atoms with Crippen molar-refractivity contribution in [1.29, 1.82) is 0 Å². The van der Waals surface area contributed by atoms with Crippen LogP contribution in [0, 0.1) is 0 Å². The third-order valence-corrected chi connectivity index (χ3v) is 3.06. The molecule has 0 aliphatic rings. The van der Waals surface area contributed by atoms with Crippen molar-refractivity contribution in [3.8, 4) is 0 Å². The zero-order valence-corrected chi connectivity index (χ0v) is 10.6. The lowest BCUT2D eigenvalue weighted by atomic mass is 10.2. The minimum absolute atomic E-state index is 0. The summed E-state index contributed by atoms with van der Waals surface area (Å²) >= 11 is 1.61. The quantitative estimate of drug-likeness (QED) is 0.878. The van der Waals surface area contributed by atoms with Gasteiger partial charge in [-0.05, 0) is 29.3 Å². The molecule has 15 heavy (non-hydrogen) atoms. The van der Waals surface area contributed by atoms with Gasteiger partial charge in [0.15, 0.2) is 0 Å². The van der Waals surface area contributed by atoms with Crippen LogP contribution in [-0.2, 0) is 11.2 Å². The molecule has 1 amide bonds. The van der Waals surface area contributed by atoms with E-state index in [2.05, 4.69) is 0 Å². The van der Waals surface area contributed by atoms with E-state index in [9.17, 15) is 4.79 Å². The van der Waals surface area contributed by atoms with E-state index in [1.165, 1.54) is 0 Å². The predicted molar refractivity (Wildman–Crippen MR) is 66.6 cm³/mol. The average molecular weight is 249 g/mol. The highest BCUT2D eigenvalue weighted by molar-refractivity contribution is 7.07. The molecule has 3 nitrogen and oxygen atoms in total. The van der Waals surface area contributed by atoms with Gasteiger partial charge in [0.25, 0.3) is 0 Å². The number of amides is 1. The number of halogens is 1. The van der Waals surface area contributed by atoms with Crippen LogP contribution >= 0.6 is 23.7 Å². The molecule has 2 N–H and O–H groups in total. The monoisotopic (exact) mass is 248 g/mol. The number of nitrogens with two attached hydrogens (primary N) is 1. The van der Waals surface area contributed by atoms with E-state index in [1.54, 1.807) is 23.3 Å². The second kappa shape index (κ2) is 6.82. The van der Waals surface area contributed by atoms with Crippen molar-refractivity contribution in [2.45, 2.75) is 19.4 Å². The first kappa shape index (κ1) is 14.4. The molecule has 86 valence electrons. The third-order valence-electron chi connectivity index (χ3n) is 2.33. The van der Waals surface area contributed by atoms with Gasteiger partial charge in [-0.3, -0.25) is 4.79 Å². The Morgan fingerprint density at radius 3 is 2.80 bits per heavy atom. The van der Waals surface area contributed by atoms with Crippen LogP contribution in [0.1, 0.15) is 12.5 Å². The highest BCUT2D eigenvalue weighted by atomic mass is 35.5. The Labute approximate surface area is 101 Å². The second-order valence-electron chi connectivity index (χ2n) is 3.40. The summed E-state index contributed by atoms with van der Waals surface area (Å²) in [6, 6.07) is 2.09. The molecule has 0 saturated heterocycles. The molecule has 1 aromatic heterocycles. The Morgan fingerprint density at radius 2 is 2.33 bits per heavy atom. The molecule has 0 bridgehead atoms. The van der Waals surface area contributed by atoms with Gasteiger partial charge in [-0.15, -0.1) is 12.4 Å². The van der Waals surface area contributed by atoms with Crippen LogP contribution in [0.2, 0.25) is 0 Å². The lowest BCUT2D eigenvalue weighted by Crippen LogP contribution is -2.40. The van der Waals surface area contributed by atoms with Crippen LogP contribution in [0.3, 0.4) is 0 Å². The number of nitrogens with zero attached hydrogens (tertiary/aromatic N) is 1. The van der Waals surface area contributed by atoms with Crippen molar-refractivity contribution in [2.24, 2.45) is 5.73 Å². The van der Waals surface area contributed by atoms with Gasteiger partial charge in [-0.25, -0.2) is 0 Å². The van der Waals surface area contributed by atoms with E-state index in [1.807, 2.05) is 23.8 Å². The number of rotatable bonds is 4. The van der Waals surface area contributed by atoms with E-state index in [4.69, 9.17) is 5.73 Å². The summed E-state index contributed by atoms with van der Waals surface area (Å²) in [5, 5.41) is 3.98. The molecule has 0 saturated carbocycles. The van der Waals surface area contributed by atoms with Gasteiger partial charge in [0.05, 0.1) is 6.42 Å². The van der Waals surface area contributed by atoms with E-state index >= 15 is 0 Å². The highest BCUT2D eigenvalue weighted by Crippen LogP contribution is 2.08. The maximum Gasteiger partial charge on any atom is 0.227 e. The maximum atomic E-state index is 11.7. The van der Waals surface area contributed by atoms with Gasteiger partial charge in [0.1, 0.15) is 0 Å². The Morgan fingerprint density at radius 1 is 1.67 bits per heavy atom. The molecule has 0 fully saturated rings. The summed E-state index contributed by atoms with van der Waals surface area (Å²) in [6.07, 6.45) is 0.477. The largest absolute Gasteiger partial charge is 0.341 e. The normalized spacial score (nSPS) is 11.7. The molecule has 0 aliphatic heterocycles. The average Bonchev–Trinajstić information content (AvgIpc) is 2.68. The lowest BCUT2D eigenvalue weighted by molar-refractivity contribution is -0.130. The molecule has 0 aromatic carbocycles. The first-order valence-electron chi connectivity index (χ1n) is 4.62. The summed E-state index contributed by atoms with van der Waals surface area (Å²) in [5.41, 5.74) is 6.57. The summed E-state index contributed by atoms with van der Waals surface area (Å²) in [5.74, 6) is 0.126. The molecule has 5 heteroatoms. The van der Waals surface area contributed by atoms with Crippen molar-refractivity contribution in [2.75, 3.05) is 13.6 Å². The van der Waals surface area contributed by atoms with Gasteiger partial charge in [-0.1, -0.05) is 0 Å². The first-order chi connectivity index (χ1) is 6.65. The van der Waals surface area contributed by atoms with Crippen LogP contribution in [0.15, 0.2) is 16.8 Å².